The van der Waals surface area contributed by atoms with Gasteiger partial charge in [-0.2, -0.15) is 0 Å². The van der Waals surface area contributed by atoms with E-state index in [-0.39, 0.29) is 0 Å². The first-order chi connectivity index (χ1) is 7.83. The van der Waals surface area contributed by atoms with E-state index in [0.29, 0.717) is 35.0 Å². The van der Waals surface area contributed by atoms with Crippen LogP contribution in [0.5, 0.6) is 0 Å². The molecule has 1 heterocycles. The van der Waals surface area contributed by atoms with Gasteiger partial charge in [0.15, 0.2) is 0 Å². The third-order valence-electron chi connectivity index (χ3n) is 4.93. The van der Waals surface area contributed by atoms with Gasteiger partial charge in [0.25, 0.3) is 0 Å². The molecule has 3 atom stereocenters. The number of carbonyl (C=O) groups is 1. The molecule has 2 aliphatic rings. The van der Waals surface area contributed by atoms with E-state index in [1.165, 1.54) is 0 Å². The van der Waals surface area contributed by atoms with E-state index in [9.17, 15) is 4.79 Å². The van der Waals surface area contributed by atoms with Crippen molar-refractivity contribution in [2.24, 2.45) is 29.1 Å². The third kappa shape index (κ3) is 2.51. The number of amides is 1. The second kappa shape index (κ2) is 4.29. The van der Waals surface area contributed by atoms with Crippen molar-refractivity contribution in [3.63, 3.8) is 0 Å². The van der Waals surface area contributed by atoms with Crippen LogP contribution in [0.25, 0.3) is 0 Å². The van der Waals surface area contributed by atoms with E-state index in [1.54, 1.807) is 0 Å². The Morgan fingerprint density at radius 2 is 1.76 bits per heavy atom. The Kier molecular flexibility index (Phi) is 3.26. The molecule has 3 unspecified atom stereocenters. The van der Waals surface area contributed by atoms with Crippen LogP contribution < -0.4 is 0 Å². The zero-order chi connectivity index (χ0) is 12.8. The highest BCUT2D eigenvalue weighted by molar-refractivity contribution is 5.82. The molecule has 1 aliphatic heterocycles. The molecule has 0 aromatic rings. The first-order valence-electron chi connectivity index (χ1n) is 7.12. The summed E-state index contributed by atoms with van der Waals surface area (Å²) in [6.45, 7) is 13.3. The molecule has 0 spiro atoms. The summed E-state index contributed by atoms with van der Waals surface area (Å²) in [6, 6.07) is 0. The van der Waals surface area contributed by atoms with Gasteiger partial charge in [-0.25, -0.2) is 0 Å². The Balaban J connectivity index is 1.90. The fourth-order valence-corrected chi connectivity index (χ4v) is 3.45. The van der Waals surface area contributed by atoms with E-state index >= 15 is 0 Å². The summed E-state index contributed by atoms with van der Waals surface area (Å²) < 4.78 is 0. The SMILES string of the molecule is CC(C)C1C(C)C1C(=O)N1CCC(C)(C)CC1. The van der Waals surface area contributed by atoms with Gasteiger partial charge < -0.3 is 4.90 Å². The molecule has 1 saturated carbocycles. The van der Waals surface area contributed by atoms with Gasteiger partial charge in [-0.05, 0) is 36.0 Å². The lowest BCUT2D eigenvalue weighted by atomic mass is 9.82. The zero-order valence-corrected chi connectivity index (χ0v) is 12.0. The van der Waals surface area contributed by atoms with E-state index in [2.05, 4.69) is 39.5 Å². The van der Waals surface area contributed by atoms with Gasteiger partial charge in [0.1, 0.15) is 0 Å². The number of hydrogen-bond donors (Lipinski definition) is 0. The fourth-order valence-electron chi connectivity index (χ4n) is 3.45. The van der Waals surface area contributed by atoms with Crippen LogP contribution >= 0.6 is 0 Å². The van der Waals surface area contributed by atoms with Crippen molar-refractivity contribution < 1.29 is 4.79 Å². The fraction of sp³-hybridized carbons (Fsp3) is 0.933. The van der Waals surface area contributed by atoms with Crippen LogP contribution in [0.3, 0.4) is 0 Å². The number of carbonyl (C=O) groups excluding carboxylic acids is 1. The van der Waals surface area contributed by atoms with Crippen molar-refractivity contribution in [1.29, 1.82) is 0 Å². The lowest BCUT2D eigenvalue weighted by Gasteiger charge is -2.37. The second-order valence-corrected chi connectivity index (χ2v) is 7.20. The van der Waals surface area contributed by atoms with E-state index in [4.69, 9.17) is 0 Å². The molecule has 17 heavy (non-hydrogen) atoms. The lowest BCUT2D eigenvalue weighted by Crippen LogP contribution is -2.42. The predicted octanol–water partition coefficient (Wildman–Crippen LogP) is 3.17. The molecule has 0 aromatic heterocycles. The number of piperidine rings is 1. The van der Waals surface area contributed by atoms with Crippen molar-refractivity contribution in [1.82, 2.24) is 4.90 Å². The topological polar surface area (TPSA) is 20.3 Å². The quantitative estimate of drug-likeness (QED) is 0.722. The molecule has 2 fully saturated rings. The molecule has 2 rings (SSSR count). The van der Waals surface area contributed by atoms with Gasteiger partial charge in [0, 0.05) is 19.0 Å². The Morgan fingerprint density at radius 1 is 1.24 bits per heavy atom. The highest BCUT2D eigenvalue weighted by atomic mass is 16.2. The molecule has 1 aliphatic carbocycles. The molecular formula is C15H27NO. The molecule has 0 N–H and O–H groups in total. The molecule has 0 radical (unpaired) electrons. The predicted molar refractivity (Wildman–Crippen MR) is 70.6 cm³/mol. The normalized spacial score (nSPS) is 36.1. The van der Waals surface area contributed by atoms with Crippen LogP contribution in [0.15, 0.2) is 0 Å². The monoisotopic (exact) mass is 237 g/mol. The van der Waals surface area contributed by atoms with Crippen molar-refractivity contribution >= 4 is 5.91 Å². The van der Waals surface area contributed by atoms with Crippen LogP contribution in [0, 0.1) is 29.1 Å². The summed E-state index contributed by atoms with van der Waals surface area (Å²) in [5.41, 5.74) is 0.434. The molecule has 1 amide bonds. The zero-order valence-electron chi connectivity index (χ0n) is 12.0. The average Bonchev–Trinajstić information content (AvgIpc) is 2.89. The van der Waals surface area contributed by atoms with Gasteiger partial charge in [-0.3, -0.25) is 4.79 Å². The van der Waals surface area contributed by atoms with Gasteiger partial charge >= 0.3 is 0 Å². The van der Waals surface area contributed by atoms with Crippen molar-refractivity contribution in [3.8, 4) is 0 Å². The summed E-state index contributed by atoms with van der Waals surface area (Å²) in [7, 11) is 0. The molecule has 98 valence electrons. The Hall–Kier alpha value is -0.530. The maximum atomic E-state index is 12.4. The summed E-state index contributed by atoms with van der Waals surface area (Å²) in [5, 5.41) is 0. The van der Waals surface area contributed by atoms with Crippen LogP contribution in [0.2, 0.25) is 0 Å². The highest BCUT2D eigenvalue weighted by Gasteiger charge is 2.54. The van der Waals surface area contributed by atoms with Gasteiger partial charge in [0.05, 0.1) is 0 Å². The maximum absolute atomic E-state index is 12.4. The first-order valence-corrected chi connectivity index (χ1v) is 7.12. The Bertz CT molecular complexity index is 298. The summed E-state index contributed by atoms with van der Waals surface area (Å²) in [5.74, 6) is 2.66. The maximum Gasteiger partial charge on any atom is 0.226 e. The Morgan fingerprint density at radius 3 is 2.18 bits per heavy atom. The Labute approximate surface area is 106 Å². The minimum absolute atomic E-state index is 0.330. The lowest BCUT2D eigenvalue weighted by molar-refractivity contribution is -0.135. The third-order valence-corrected chi connectivity index (χ3v) is 4.93. The van der Waals surface area contributed by atoms with Crippen LogP contribution in [-0.4, -0.2) is 23.9 Å². The molecule has 2 heteroatoms. The van der Waals surface area contributed by atoms with E-state index < -0.39 is 0 Å². The van der Waals surface area contributed by atoms with E-state index in [0.717, 1.165) is 25.9 Å². The minimum Gasteiger partial charge on any atom is -0.342 e. The molecule has 0 aromatic carbocycles. The van der Waals surface area contributed by atoms with Crippen molar-refractivity contribution in [2.45, 2.75) is 47.5 Å². The largest absolute Gasteiger partial charge is 0.342 e. The van der Waals surface area contributed by atoms with Crippen molar-refractivity contribution in [3.05, 3.63) is 0 Å². The first kappa shape index (κ1) is 12.9. The van der Waals surface area contributed by atoms with Crippen LogP contribution in [0.1, 0.15) is 47.5 Å². The number of rotatable bonds is 2. The average molecular weight is 237 g/mol. The summed E-state index contributed by atoms with van der Waals surface area (Å²) in [6.07, 6.45) is 2.32. The summed E-state index contributed by atoms with van der Waals surface area (Å²) >= 11 is 0. The smallest absolute Gasteiger partial charge is 0.226 e. The second-order valence-electron chi connectivity index (χ2n) is 7.20. The van der Waals surface area contributed by atoms with Crippen LogP contribution in [0.4, 0.5) is 0 Å². The number of likely N-dealkylation sites (tertiary alicyclic amines) is 1. The number of nitrogens with zero attached hydrogens (tertiary/aromatic N) is 1. The molecule has 0 bridgehead atoms. The van der Waals surface area contributed by atoms with Crippen LogP contribution in [-0.2, 0) is 4.79 Å². The standard InChI is InChI=1S/C15H27NO/c1-10(2)12-11(3)13(12)14(17)16-8-6-15(4,5)7-9-16/h10-13H,6-9H2,1-5H3. The molecule has 2 nitrogen and oxygen atoms in total. The highest BCUT2D eigenvalue weighted by Crippen LogP contribution is 2.51. The van der Waals surface area contributed by atoms with E-state index in [1.807, 2.05) is 0 Å². The van der Waals surface area contributed by atoms with Gasteiger partial charge in [-0.1, -0.05) is 34.6 Å². The van der Waals surface area contributed by atoms with Gasteiger partial charge in [-0.15, -0.1) is 0 Å². The van der Waals surface area contributed by atoms with Gasteiger partial charge in [0.2, 0.25) is 5.91 Å². The molecular weight excluding hydrogens is 210 g/mol. The van der Waals surface area contributed by atoms with Crippen molar-refractivity contribution in [2.75, 3.05) is 13.1 Å². The molecule has 1 saturated heterocycles. The summed E-state index contributed by atoms with van der Waals surface area (Å²) in [4.78, 5) is 14.5. The minimum atomic E-state index is 0.330. The number of hydrogen-bond acceptors (Lipinski definition) is 1.